The second-order valence-electron chi connectivity index (χ2n) is 9.29. The molecule has 0 radical (unpaired) electrons. The third kappa shape index (κ3) is 5.29. The molecule has 1 unspecified atom stereocenters. The lowest BCUT2D eigenvalue weighted by molar-refractivity contribution is -0.138. The molecule has 1 N–H and O–H groups in total. The molecule has 1 aromatic heterocycles. The van der Waals surface area contributed by atoms with Gasteiger partial charge in [-0.2, -0.15) is 13.2 Å². The molecule has 0 aliphatic carbocycles. The Morgan fingerprint density at radius 1 is 1.14 bits per heavy atom. The highest BCUT2D eigenvalue weighted by molar-refractivity contribution is 7.70. The zero-order chi connectivity index (χ0) is 25.5. The summed E-state index contributed by atoms with van der Waals surface area (Å²) >= 11 is 0. The number of hydrogen-bond acceptors (Lipinski definition) is 5. The number of ether oxygens (including phenoxy) is 1. The first kappa shape index (κ1) is 25.4. The number of benzene rings is 2. The lowest BCUT2D eigenvalue weighted by atomic mass is 9.97. The third-order valence-electron chi connectivity index (χ3n) is 6.32. The first-order valence-corrected chi connectivity index (χ1v) is 14.0. The molecule has 5 nitrogen and oxygen atoms in total. The highest BCUT2D eigenvalue weighted by Crippen LogP contribution is 2.41. The summed E-state index contributed by atoms with van der Waals surface area (Å²) in [5.74, 6) is 1.04. The number of hydrogen-bond donors (Lipinski definition) is 1. The number of nitrogens with one attached hydrogen (secondary N) is 1. The van der Waals surface area contributed by atoms with Gasteiger partial charge in [0.05, 0.1) is 30.3 Å². The summed E-state index contributed by atoms with van der Waals surface area (Å²) in [6, 6.07) is 7.59. The predicted molar refractivity (Wildman–Crippen MR) is 135 cm³/mol. The van der Waals surface area contributed by atoms with Gasteiger partial charge in [0.25, 0.3) is 0 Å². The van der Waals surface area contributed by atoms with Crippen molar-refractivity contribution in [3.8, 4) is 0 Å². The highest BCUT2D eigenvalue weighted by Gasteiger charge is 2.33. The maximum Gasteiger partial charge on any atom is 0.416 e. The standard InChI is InChI=1S/C26H29F3N3O2P/c1-15-19(7-6-8-22(15)26(27,28)29)16(2)30-25-21-13-20(18-9-11-34-12-10-18)24(35(4,5)33)14-23(21)31-17(3)32-25/h6-9,13-14,16H,10-12H2,1-5H3,(H,30,31,32). The molecule has 4 rings (SSSR count). The van der Waals surface area contributed by atoms with Crippen molar-refractivity contribution in [1.82, 2.24) is 9.97 Å². The van der Waals surface area contributed by atoms with Gasteiger partial charge in [-0.3, -0.25) is 0 Å². The van der Waals surface area contributed by atoms with E-state index < -0.39 is 24.9 Å². The number of nitrogens with zero attached hydrogens (tertiary/aromatic N) is 2. The van der Waals surface area contributed by atoms with Crippen LogP contribution in [0, 0.1) is 13.8 Å². The van der Waals surface area contributed by atoms with Crippen LogP contribution >= 0.6 is 7.14 Å². The molecule has 2 heterocycles. The smallest absolute Gasteiger partial charge is 0.377 e. The Labute approximate surface area is 203 Å². The Morgan fingerprint density at radius 2 is 1.89 bits per heavy atom. The lowest BCUT2D eigenvalue weighted by Gasteiger charge is -2.23. The molecule has 0 fully saturated rings. The fourth-order valence-electron chi connectivity index (χ4n) is 4.58. The van der Waals surface area contributed by atoms with Crippen molar-refractivity contribution in [3.05, 3.63) is 64.5 Å². The molecule has 35 heavy (non-hydrogen) atoms. The monoisotopic (exact) mass is 503 g/mol. The number of alkyl halides is 3. The van der Waals surface area contributed by atoms with Crippen LogP contribution in [-0.2, 0) is 15.5 Å². The Kier molecular flexibility index (Phi) is 6.82. The van der Waals surface area contributed by atoms with Crippen LogP contribution in [0.25, 0.3) is 16.5 Å². The van der Waals surface area contributed by atoms with E-state index in [9.17, 15) is 17.7 Å². The van der Waals surface area contributed by atoms with Gasteiger partial charge in [0, 0.05) is 10.7 Å². The number of aryl methyl sites for hydroxylation is 1. The third-order valence-corrected chi connectivity index (χ3v) is 7.85. The zero-order valence-electron chi connectivity index (χ0n) is 20.5. The van der Waals surface area contributed by atoms with Gasteiger partial charge >= 0.3 is 6.18 Å². The Morgan fingerprint density at radius 3 is 2.51 bits per heavy atom. The van der Waals surface area contributed by atoms with Gasteiger partial charge in [0.1, 0.15) is 18.8 Å². The summed E-state index contributed by atoms with van der Waals surface area (Å²) in [5.41, 5.74) is 2.66. The zero-order valence-corrected chi connectivity index (χ0v) is 21.3. The van der Waals surface area contributed by atoms with Crippen molar-refractivity contribution in [2.75, 3.05) is 31.9 Å². The molecule has 9 heteroatoms. The maximum absolute atomic E-state index is 13.5. The molecule has 1 atom stereocenters. The molecule has 3 aromatic rings. The fourth-order valence-corrected chi connectivity index (χ4v) is 5.80. The molecule has 186 valence electrons. The van der Waals surface area contributed by atoms with Crippen LogP contribution in [-0.4, -0.2) is 36.5 Å². The van der Waals surface area contributed by atoms with Crippen molar-refractivity contribution >= 4 is 34.7 Å². The highest BCUT2D eigenvalue weighted by atomic mass is 31.2. The SMILES string of the molecule is Cc1nc(NC(C)c2cccc(C(F)(F)F)c2C)c2cc(C3=CCOCC3)c(P(C)(C)=O)cc2n1. The first-order valence-electron chi connectivity index (χ1n) is 11.4. The van der Waals surface area contributed by atoms with E-state index in [1.54, 1.807) is 26.3 Å². The molecule has 2 aromatic carbocycles. The van der Waals surface area contributed by atoms with E-state index in [-0.39, 0.29) is 5.56 Å². The average molecular weight is 504 g/mol. The quantitative estimate of drug-likeness (QED) is 0.403. The van der Waals surface area contributed by atoms with Gasteiger partial charge in [-0.05, 0) is 81.0 Å². The van der Waals surface area contributed by atoms with Gasteiger partial charge in [-0.15, -0.1) is 0 Å². The van der Waals surface area contributed by atoms with Crippen LogP contribution in [0.5, 0.6) is 0 Å². The van der Waals surface area contributed by atoms with Crippen LogP contribution < -0.4 is 10.6 Å². The Bertz CT molecular complexity index is 1360. The van der Waals surface area contributed by atoms with E-state index >= 15 is 0 Å². The maximum atomic E-state index is 13.5. The molecular formula is C26H29F3N3O2P. The van der Waals surface area contributed by atoms with Crippen LogP contribution in [0.4, 0.5) is 19.0 Å². The second-order valence-corrected chi connectivity index (χ2v) is 12.5. The molecule has 0 amide bonds. The summed E-state index contributed by atoms with van der Waals surface area (Å²) < 4.78 is 59.0. The van der Waals surface area contributed by atoms with Crippen LogP contribution in [0.15, 0.2) is 36.4 Å². The van der Waals surface area contributed by atoms with Crippen molar-refractivity contribution < 1.29 is 22.5 Å². The van der Waals surface area contributed by atoms with E-state index in [0.29, 0.717) is 42.4 Å². The number of fused-ring (bicyclic) bond motifs is 1. The van der Waals surface area contributed by atoms with E-state index in [2.05, 4.69) is 15.3 Å². The van der Waals surface area contributed by atoms with Gasteiger partial charge in [0.15, 0.2) is 0 Å². The van der Waals surface area contributed by atoms with Gasteiger partial charge in [-0.1, -0.05) is 18.2 Å². The topological polar surface area (TPSA) is 64.1 Å². The van der Waals surface area contributed by atoms with E-state index in [4.69, 9.17) is 4.74 Å². The molecule has 0 saturated heterocycles. The summed E-state index contributed by atoms with van der Waals surface area (Å²) in [6.45, 7) is 9.62. The normalized spacial score (nSPS) is 15.7. The fraction of sp³-hybridized carbons (Fsp3) is 0.385. The van der Waals surface area contributed by atoms with Crippen molar-refractivity contribution in [2.45, 2.75) is 39.4 Å². The van der Waals surface area contributed by atoms with Gasteiger partial charge in [-0.25, -0.2) is 9.97 Å². The molecule has 0 spiro atoms. The molecule has 1 aliphatic rings. The minimum atomic E-state index is -4.42. The van der Waals surface area contributed by atoms with Crippen LogP contribution in [0.3, 0.4) is 0 Å². The summed E-state index contributed by atoms with van der Waals surface area (Å²) in [7, 11) is -2.63. The van der Waals surface area contributed by atoms with Crippen molar-refractivity contribution in [1.29, 1.82) is 0 Å². The largest absolute Gasteiger partial charge is 0.416 e. The number of rotatable bonds is 5. The van der Waals surface area contributed by atoms with Gasteiger partial charge < -0.3 is 14.6 Å². The van der Waals surface area contributed by atoms with Crippen molar-refractivity contribution in [3.63, 3.8) is 0 Å². The molecule has 0 bridgehead atoms. The van der Waals surface area contributed by atoms with Gasteiger partial charge in [0.2, 0.25) is 0 Å². The van der Waals surface area contributed by atoms with E-state index in [1.165, 1.54) is 13.0 Å². The molecule has 1 aliphatic heterocycles. The Hall–Kier alpha value is -2.70. The number of anilines is 1. The molecule has 0 saturated carbocycles. The number of halogens is 3. The first-order chi connectivity index (χ1) is 16.4. The molecular weight excluding hydrogens is 474 g/mol. The van der Waals surface area contributed by atoms with E-state index in [0.717, 1.165) is 27.9 Å². The Balaban J connectivity index is 1.84. The predicted octanol–water partition coefficient (Wildman–Crippen LogP) is 6.49. The van der Waals surface area contributed by atoms with Crippen LogP contribution in [0.2, 0.25) is 0 Å². The number of aromatic nitrogens is 2. The van der Waals surface area contributed by atoms with Crippen LogP contribution in [0.1, 0.15) is 47.5 Å². The second kappa shape index (κ2) is 9.40. The summed E-state index contributed by atoms with van der Waals surface area (Å²) in [4.78, 5) is 9.16. The summed E-state index contributed by atoms with van der Waals surface area (Å²) in [6.07, 6.45) is -1.72. The average Bonchev–Trinajstić information content (AvgIpc) is 2.77. The van der Waals surface area contributed by atoms with E-state index in [1.807, 2.05) is 25.1 Å². The van der Waals surface area contributed by atoms with Crippen molar-refractivity contribution in [2.24, 2.45) is 0 Å². The summed E-state index contributed by atoms with van der Waals surface area (Å²) in [5, 5.41) is 4.80. The minimum absolute atomic E-state index is 0.184. The lowest BCUT2D eigenvalue weighted by Crippen LogP contribution is -2.16. The minimum Gasteiger partial charge on any atom is -0.377 e.